The van der Waals surface area contributed by atoms with Crippen LogP contribution >= 0.6 is 10.0 Å². The van der Waals surface area contributed by atoms with Crippen LogP contribution in [0.25, 0.3) is 10.5 Å². The summed E-state index contributed by atoms with van der Waals surface area (Å²) < 4.78 is 0. The SMILES string of the molecule is O=C(O)C1=C(C(=O)O)S(c2ccccc2)(c2ccccc2)C(c2ccccc2)=C1c1ccccc1. The third-order valence-corrected chi connectivity index (χ3v) is 10.0. The molecule has 1 heterocycles. The molecule has 0 saturated carbocycles. The van der Waals surface area contributed by atoms with Crippen LogP contribution in [-0.4, -0.2) is 22.2 Å². The Kier molecular flexibility index (Phi) is 5.85. The molecule has 0 radical (unpaired) electrons. The molecule has 0 amide bonds. The zero-order valence-corrected chi connectivity index (χ0v) is 19.5. The minimum absolute atomic E-state index is 0.0832. The van der Waals surface area contributed by atoms with Gasteiger partial charge in [0.05, 0.1) is 5.57 Å². The summed E-state index contributed by atoms with van der Waals surface area (Å²) in [5, 5.41) is 21.2. The van der Waals surface area contributed by atoms with Crippen LogP contribution in [0.15, 0.2) is 142 Å². The summed E-state index contributed by atoms with van der Waals surface area (Å²) in [6, 6.07) is 37.6. The van der Waals surface area contributed by atoms with Gasteiger partial charge in [-0.3, -0.25) is 0 Å². The highest BCUT2D eigenvalue weighted by molar-refractivity contribution is 8.45. The van der Waals surface area contributed by atoms with E-state index in [9.17, 15) is 19.8 Å². The summed E-state index contributed by atoms with van der Waals surface area (Å²) >= 11 is 0. The Labute approximate surface area is 204 Å². The average molecular weight is 479 g/mol. The number of hydrogen-bond acceptors (Lipinski definition) is 2. The first-order chi connectivity index (χ1) is 17.1. The third kappa shape index (κ3) is 3.57. The van der Waals surface area contributed by atoms with E-state index < -0.39 is 22.0 Å². The van der Waals surface area contributed by atoms with E-state index in [0.29, 0.717) is 11.1 Å². The number of benzene rings is 4. The second-order valence-electron chi connectivity index (χ2n) is 7.99. The Morgan fingerprint density at radius 1 is 0.514 bits per heavy atom. The maximum atomic E-state index is 13.1. The molecule has 4 aromatic rings. The summed E-state index contributed by atoms with van der Waals surface area (Å²) in [7, 11) is -2.67. The van der Waals surface area contributed by atoms with Crippen LogP contribution in [0, 0.1) is 0 Å². The maximum Gasteiger partial charge on any atom is 0.342 e. The Balaban J connectivity index is 2.08. The highest BCUT2D eigenvalue weighted by Crippen LogP contribution is 2.81. The van der Waals surface area contributed by atoms with Gasteiger partial charge >= 0.3 is 11.9 Å². The minimum atomic E-state index is -2.67. The van der Waals surface area contributed by atoms with Crippen LogP contribution < -0.4 is 0 Å². The van der Waals surface area contributed by atoms with Crippen molar-refractivity contribution in [3.63, 3.8) is 0 Å². The largest absolute Gasteiger partial charge is 0.478 e. The van der Waals surface area contributed by atoms with E-state index in [1.165, 1.54) is 0 Å². The first-order valence-corrected chi connectivity index (χ1v) is 12.7. The van der Waals surface area contributed by atoms with Gasteiger partial charge in [0, 0.05) is 20.3 Å². The molecule has 0 bridgehead atoms. The molecule has 0 atom stereocenters. The van der Waals surface area contributed by atoms with E-state index in [1.54, 1.807) is 0 Å². The normalized spacial score (nSPS) is 15.7. The smallest absolute Gasteiger partial charge is 0.342 e. The molecular weight excluding hydrogens is 456 g/mol. The Morgan fingerprint density at radius 2 is 0.914 bits per heavy atom. The quantitative estimate of drug-likeness (QED) is 0.316. The summed E-state index contributed by atoms with van der Waals surface area (Å²) in [4.78, 5) is 28.2. The van der Waals surface area contributed by atoms with E-state index in [-0.39, 0.29) is 10.5 Å². The summed E-state index contributed by atoms with van der Waals surface area (Å²) in [5.74, 6) is -2.49. The van der Waals surface area contributed by atoms with Crippen LogP contribution in [0.2, 0.25) is 0 Å². The summed E-state index contributed by atoms with van der Waals surface area (Å²) in [6.45, 7) is 0. The van der Waals surface area contributed by atoms with Gasteiger partial charge in [-0.2, -0.15) is 0 Å². The number of hydrogen-bond donors (Lipinski definition) is 2. The van der Waals surface area contributed by atoms with Crippen molar-refractivity contribution < 1.29 is 19.8 Å². The van der Waals surface area contributed by atoms with Gasteiger partial charge in [0.1, 0.15) is 4.91 Å². The van der Waals surface area contributed by atoms with Crippen LogP contribution in [0.5, 0.6) is 0 Å². The molecule has 4 aromatic carbocycles. The number of carbonyl (C=O) groups is 2. The molecule has 0 unspecified atom stereocenters. The zero-order chi connectivity index (χ0) is 24.4. The van der Waals surface area contributed by atoms with Gasteiger partial charge in [-0.15, -0.1) is 10.0 Å². The Bertz CT molecular complexity index is 1420. The fourth-order valence-corrected chi connectivity index (χ4v) is 9.05. The van der Waals surface area contributed by atoms with Gasteiger partial charge in [0.2, 0.25) is 0 Å². The molecular formula is C30H22O4S. The van der Waals surface area contributed by atoms with E-state index >= 15 is 0 Å². The summed E-state index contributed by atoms with van der Waals surface area (Å²) in [5.41, 5.74) is 1.75. The van der Waals surface area contributed by atoms with Crippen molar-refractivity contribution >= 4 is 32.4 Å². The molecule has 172 valence electrons. The van der Waals surface area contributed by atoms with Crippen LogP contribution in [0.4, 0.5) is 0 Å². The van der Waals surface area contributed by atoms with Gasteiger partial charge in [-0.05, 0) is 35.4 Å². The average Bonchev–Trinajstić information content (AvgIpc) is 3.24. The first-order valence-electron chi connectivity index (χ1n) is 11.1. The minimum Gasteiger partial charge on any atom is -0.478 e. The van der Waals surface area contributed by atoms with Crippen molar-refractivity contribution in [3.8, 4) is 0 Å². The van der Waals surface area contributed by atoms with Crippen LogP contribution in [0.3, 0.4) is 0 Å². The zero-order valence-electron chi connectivity index (χ0n) is 18.7. The molecule has 1 aliphatic heterocycles. The molecule has 0 spiro atoms. The van der Waals surface area contributed by atoms with Crippen LogP contribution in [-0.2, 0) is 9.59 Å². The standard InChI is InChI=1S/C30H22O4S/c31-29(32)26-25(21-13-5-1-6-14-21)27(22-15-7-2-8-16-22)35(28(26)30(33)34,23-17-9-3-10-18-23)24-19-11-4-12-20-24/h1-20H,(H,31,32)(H,33,34). The van der Waals surface area contributed by atoms with Gasteiger partial charge in [0.15, 0.2) is 0 Å². The number of carboxylic acids is 2. The van der Waals surface area contributed by atoms with Gasteiger partial charge in [-0.1, -0.05) is 97.1 Å². The molecule has 0 aromatic heterocycles. The molecule has 0 saturated heterocycles. The van der Waals surface area contributed by atoms with Crippen molar-refractivity contribution in [2.24, 2.45) is 0 Å². The van der Waals surface area contributed by atoms with E-state index in [2.05, 4.69) is 0 Å². The van der Waals surface area contributed by atoms with E-state index in [1.807, 2.05) is 121 Å². The Hall–Kier alpha value is -4.35. The monoisotopic (exact) mass is 478 g/mol. The predicted octanol–water partition coefficient (Wildman–Crippen LogP) is 6.91. The molecule has 2 N–H and O–H groups in total. The molecule has 0 aliphatic carbocycles. The third-order valence-electron chi connectivity index (χ3n) is 6.02. The van der Waals surface area contributed by atoms with Crippen molar-refractivity contribution in [1.29, 1.82) is 0 Å². The fraction of sp³-hybridized carbons (Fsp3) is 0. The second-order valence-corrected chi connectivity index (χ2v) is 11.0. The van der Waals surface area contributed by atoms with Crippen molar-refractivity contribution in [3.05, 3.63) is 143 Å². The van der Waals surface area contributed by atoms with Crippen molar-refractivity contribution in [2.45, 2.75) is 9.79 Å². The van der Waals surface area contributed by atoms with Crippen molar-refractivity contribution in [2.75, 3.05) is 0 Å². The van der Waals surface area contributed by atoms with Gasteiger partial charge < -0.3 is 10.2 Å². The first kappa shape index (κ1) is 22.4. The number of carboxylic acid groups (broad SMARTS) is 2. The lowest BCUT2D eigenvalue weighted by Gasteiger charge is -2.41. The fourth-order valence-electron chi connectivity index (χ4n) is 4.72. The van der Waals surface area contributed by atoms with Crippen LogP contribution in [0.1, 0.15) is 11.1 Å². The topological polar surface area (TPSA) is 74.6 Å². The number of aliphatic carboxylic acids is 2. The lowest BCUT2D eigenvalue weighted by atomic mass is 9.95. The predicted molar refractivity (Wildman–Crippen MR) is 139 cm³/mol. The maximum absolute atomic E-state index is 13.1. The highest BCUT2D eigenvalue weighted by atomic mass is 32.3. The molecule has 0 fully saturated rings. The highest BCUT2D eigenvalue weighted by Gasteiger charge is 2.51. The lowest BCUT2D eigenvalue weighted by molar-refractivity contribution is -0.135. The van der Waals surface area contributed by atoms with E-state index in [4.69, 9.17) is 0 Å². The van der Waals surface area contributed by atoms with E-state index in [0.717, 1.165) is 20.3 Å². The number of rotatable bonds is 6. The molecule has 5 heteroatoms. The summed E-state index contributed by atoms with van der Waals surface area (Å²) in [6.07, 6.45) is 0. The van der Waals surface area contributed by atoms with Gasteiger partial charge in [-0.25, -0.2) is 9.59 Å². The molecule has 5 rings (SSSR count). The molecule has 35 heavy (non-hydrogen) atoms. The Morgan fingerprint density at radius 3 is 1.31 bits per heavy atom. The van der Waals surface area contributed by atoms with Crippen molar-refractivity contribution in [1.82, 2.24) is 0 Å². The van der Waals surface area contributed by atoms with Gasteiger partial charge in [0.25, 0.3) is 0 Å². The second kappa shape index (κ2) is 9.12. The lowest BCUT2D eigenvalue weighted by Crippen LogP contribution is -2.14. The molecule has 4 nitrogen and oxygen atoms in total. The molecule has 1 aliphatic rings.